The minimum Gasteiger partial charge on any atom is -0.477 e. The first kappa shape index (κ1) is 16.0. The number of benzene rings is 1. The molecule has 6 nitrogen and oxygen atoms in total. The second-order valence-electron chi connectivity index (χ2n) is 4.55. The van der Waals surface area contributed by atoms with Gasteiger partial charge in [0.05, 0.1) is 5.39 Å². The Hall–Kier alpha value is -2.88. The van der Waals surface area contributed by atoms with Crippen molar-refractivity contribution >= 4 is 39.0 Å². The molecule has 124 valence electrons. The van der Waals surface area contributed by atoms with Gasteiger partial charge in [-0.2, -0.15) is 0 Å². The molecule has 2 heterocycles. The van der Waals surface area contributed by atoms with Crippen LogP contribution in [0.3, 0.4) is 0 Å². The number of thiophene rings is 1. The van der Waals surface area contributed by atoms with Crippen molar-refractivity contribution in [3.05, 3.63) is 41.5 Å². The van der Waals surface area contributed by atoms with E-state index in [2.05, 4.69) is 20.0 Å². The maximum Gasteiger partial charge on any atom is 0.573 e. The number of hydrogen-bond acceptors (Lipinski definition) is 6. The van der Waals surface area contributed by atoms with Crippen molar-refractivity contribution in [3.63, 3.8) is 0 Å². The second-order valence-corrected chi connectivity index (χ2v) is 5.58. The van der Waals surface area contributed by atoms with E-state index < -0.39 is 12.3 Å². The van der Waals surface area contributed by atoms with Crippen LogP contribution in [0.4, 0.5) is 24.7 Å². The normalized spacial score (nSPS) is 11.5. The van der Waals surface area contributed by atoms with Crippen LogP contribution >= 0.6 is 11.3 Å². The lowest BCUT2D eigenvalue weighted by Gasteiger charge is -2.10. The highest BCUT2D eigenvalue weighted by Gasteiger charge is 2.30. The number of carboxylic acids is 1. The molecular weight excluding hydrogens is 347 g/mol. The molecule has 3 rings (SSSR count). The van der Waals surface area contributed by atoms with Gasteiger partial charge >= 0.3 is 12.3 Å². The topological polar surface area (TPSA) is 84.3 Å². The maximum atomic E-state index is 12.1. The molecule has 0 aliphatic rings. The molecule has 2 aromatic heterocycles. The van der Waals surface area contributed by atoms with Crippen molar-refractivity contribution in [3.8, 4) is 5.75 Å². The highest BCUT2D eigenvalue weighted by molar-refractivity contribution is 7.20. The number of carboxylic acid groups (broad SMARTS) is 1. The molecule has 0 aliphatic carbocycles. The Morgan fingerprint density at radius 2 is 1.92 bits per heavy atom. The highest BCUT2D eigenvalue weighted by atomic mass is 32.1. The smallest absolute Gasteiger partial charge is 0.477 e. The number of nitrogens with zero attached hydrogens (tertiary/aromatic N) is 2. The Morgan fingerprint density at radius 1 is 1.21 bits per heavy atom. The molecule has 0 fully saturated rings. The lowest BCUT2D eigenvalue weighted by molar-refractivity contribution is -0.274. The van der Waals surface area contributed by atoms with E-state index in [1.54, 1.807) is 0 Å². The number of carbonyl (C=O) groups is 1. The van der Waals surface area contributed by atoms with Crippen LogP contribution in [0.25, 0.3) is 10.2 Å². The van der Waals surface area contributed by atoms with Gasteiger partial charge in [0.15, 0.2) is 0 Å². The van der Waals surface area contributed by atoms with E-state index in [9.17, 15) is 18.0 Å². The largest absolute Gasteiger partial charge is 0.573 e. The van der Waals surface area contributed by atoms with E-state index in [1.165, 1.54) is 24.5 Å². The predicted molar refractivity (Wildman–Crippen MR) is 80.8 cm³/mol. The number of fused-ring (bicyclic) bond motifs is 1. The molecule has 0 amide bonds. The number of anilines is 2. The summed E-state index contributed by atoms with van der Waals surface area (Å²) in [4.78, 5) is 19.7. The van der Waals surface area contributed by atoms with E-state index in [4.69, 9.17) is 5.11 Å². The standard InChI is InChI=1S/C14H8F3N3O3S/c15-14(16,17)23-8-3-1-7(2-4-8)20-11-9-5-10(13(21)22)24-12(9)19-6-18-11/h1-6H,(H,21,22)(H,18,19,20). The van der Waals surface area contributed by atoms with Crippen LogP contribution in [0.1, 0.15) is 9.67 Å². The molecule has 0 saturated heterocycles. The Labute approximate surface area is 136 Å². The summed E-state index contributed by atoms with van der Waals surface area (Å²) in [6.07, 6.45) is -3.48. The molecule has 0 bridgehead atoms. The molecule has 0 spiro atoms. The van der Waals surface area contributed by atoms with Crippen LogP contribution in [0, 0.1) is 0 Å². The SMILES string of the molecule is O=C(O)c1cc2c(Nc3ccc(OC(F)(F)F)cc3)ncnc2s1. The summed E-state index contributed by atoms with van der Waals surface area (Å²) in [7, 11) is 0. The van der Waals surface area contributed by atoms with Gasteiger partial charge in [-0.05, 0) is 30.3 Å². The molecule has 3 aromatic rings. The number of ether oxygens (including phenoxy) is 1. The van der Waals surface area contributed by atoms with Gasteiger partial charge in [0.2, 0.25) is 0 Å². The Kier molecular flexibility index (Phi) is 3.97. The zero-order chi connectivity index (χ0) is 17.3. The van der Waals surface area contributed by atoms with E-state index in [0.717, 1.165) is 23.5 Å². The van der Waals surface area contributed by atoms with Gasteiger partial charge in [-0.25, -0.2) is 14.8 Å². The molecule has 0 aliphatic heterocycles. The quantitative estimate of drug-likeness (QED) is 0.735. The number of rotatable bonds is 4. The summed E-state index contributed by atoms with van der Waals surface area (Å²) in [6.45, 7) is 0. The summed E-state index contributed by atoms with van der Waals surface area (Å²) >= 11 is 1.00. The van der Waals surface area contributed by atoms with Crippen molar-refractivity contribution in [1.29, 1.82) is 0 Å². The molecule has 2 N–H and O–H groups in total. The van der Waals surface area contributed by atoms with Crippen molar-refractivity contribution in [2.24, 2.45) is 0 Å². The molecule has 0 radical (unpaired) electrons. The van der Waals surface area contributed by atoms with Crippen molar-refractivity contribution < 1.29 is 27.8 Å². The molecule has 0 atom stereocenters. The molecule has 1 aromatic carbocycles. The molecular formula is C14H8F3N3O3S. The van der Waals surface area contributed by atoms with Gasteiger partial charge in [0, 0.05) is 5.69 Å². The van der Waals surface area contributed by atoms with Gasteiger partial charge in [-0.15, -0.1) is 24.5 Å². The Balaban J connectivity index is 1.86. The molecule has 0 unspecified atom stereocenters. The number of aromatic nitrogens is 2. The summed E-state index contributed by atoms with van der Waals surface area (Å²) in [6, 6.07) is 6.53. The first-order valence-corrected chi connectivity index (χ1v) is 7.24. The summed E-state index contributed by atoms with van der Waals surface area (Å²) in [5, 5.41) is 12.5. The van der Waals surface area contributed by atoms with Gasteiger partial charge < -0.3 is 15.2 Å². The van der Waals surface area contributed by atoms with Crippen molar-refractivity contribution in [2.45, 2.75) is 6.36 Å². The maximum absolute atomic E-state index is 12.1. The van der Waals surface area contributed by atoms with Crippen LogP contribution < -0.4 is 10.1 Å². The van der Waals surface area contributed by atoms with Crippen molar-refractivity contribution in [2.75, 3.05) is 5.32 Å². The molecule has 24 heavy (non-hydrogen) atoms. The Morgan fingerprint density at radius 3 is 2.54 bits per heavy atom. The number of alkyl halides is 3. The lowest BCUT2D eigenvalue weighted by Crippen LogP contribution is -2.16. The van der Waals surface area contributed by atoms with Gasteiger partial charge in [-0.1, -0.05) is 0 Å². The third-order valence-corrected chi connectivity index (χ3v) is 3.92. The van der Waals surface area contributed by atoms with E-state index in [-0.39, 0.29) is 10.6 Å². The third-order valence-electron chi connectivity index (χ3n) is 2.89. The number of hydrogen-bond donors (Lipinski definition) is 2. The zero-order valence-corrected chi connectivity index (χ0v) is 12.5. The van der Waals surface area contributed by atoms with E-state index >= 15 is 0 Å². The van der Waals surface area contributed by atoms with E-state index in [0.29, 0.717) is 21.7 Å². The van der Waals surface area contributed by atoms with Gasteiger partial charge in [0.1, 0.15) is 27.6 Å². The second kappa shape index (κ2) is 5.96. The Bertz CT molecular complexity index is 894. The van der Waals surface area contributed by atoms with Crippen LogP contribution in [-0.2, 0) is 0 Å². The zero-order valence-electron chi connectivity index (χ0n) is 11.7. The number of aromatic carboxylic acids is 1. The van der Waals surface area contributed by atoms with Crippen LogP contribution in [0.15, 0.2) is 36.7 Å². The summed E-state index contributed by atoms with van der Waals surface area (Å²) < 4.78 is 40.2. The van der Waals surface area contributed by atoms with Gasteiger partial charge in [0.25, 0.3) is 0 Å². The number of nitrogens with one attached hydrogen (secondary N) is 1. The van der Waals surface area contributed by atoms with E-state index in [1.807, 2.05) is 0 Å². The third kappa shape index (κ3) is 3.54. The fourth-order valence-electron chi connectivity index (χ4n) is 1.94. The lowest BCUT2D eigenvalue weighted by atomic mass is 10.3. The fourth-order valence-corrected chi connectivity index (χ4v) is 2.78. The first-order valence-electron chi connectivity index (χ1n) is 6.42. The summed E-state index contributed by atoms with van der Waals surface area (Å²) in [5.41, 5.74) is 0.465. The van der Waals surface area contributed by atoms with Gasteiger partial charge in [-0.3, -0.25) is 0 Å². The van der Waals surface area contributed by atoms with Crippen LogP contribution in [0.5, 0.6) is 5.75 Å². The van der Waals surface area contributed by atoms with Crippen LogP contribution in [0.2, 0.25) is 0 Å². The highest BCUT2D eigenvalue weighted by Crippen LogP contribution is 2.30. The molecule has 10 heteroatoms. The summed E-state index contributed by atoms with van der Waals surface area (Å²) in [5.74, 6) is -1.06. The molecule has 0 saturated carbocycles. The fraction of sp³-hybridized carbons (Fsp3) is 0.0714. The van der Waals surface area contributed by atoms with Crippen molar-refractivity contribution in [1.82, 2.24) is 9.97 Å². The number of halogens is 3. The average molecular weight is 355 g/mol. The van der Waals surface area contributed by atoms with Crippen LogP contribution in [-0.4, -0.2) is 27.4 Å². The minimum absolute atomic E-state index is 0.113. The monoisotopic (exact) mass is 355 g/mol. The first-order chi connectivity index (χ1) is 11.3. The minimum atomic E-state index is -4.75. The predicted octanol–water partition coefficient (Wildman–Crippen LogP) is 4.03. The average Bonchev–Trinajstić information content (AvgIpc) is 2.93.